The standard InChI is InChI=1S/C34H49F3O3/c1-8-29(4)23-9-13-31(6)24(30(23,5)12-10-25(29)39)19-22(38)27-21-20-28(2,3)15-17-33(21,18-16-32(27,31)7)26(40)11-14-34(35,36)37/h19,21,23,27H,8-18,20H2,1-7H3/t21-,23-,27-,29-,30-,31+,32+,33-/m0/s1. The van der Waals surface area contributed by atoms with Gasteiger partial charge in [-0.3, -0.25) is 14.4 Å². The van der Waals surface area contributed by atoms with Crippen molar-refractivity contribution in [2.45, 2.75) is 132 Å². The van der Waals surface area contributed by atoms with Gasteiger partial charge in [0.2, 0.25) is 0 Å². The van der Waals surface area contributed by atoms with E-state index in [1.807, 2.05) is 6.08 Å². The second-order valence-electron chi connectivity index (χ2n) is 16.1. The van der Waals surface area contributed by atoms with Crippen molar-refractivity contribution < 1.29 is 27.6 Å². The van der Waals surface area contributed by atoms with Crippen LogP contribution in [0.15, 0.2) is 11.6 Å². The van der Waals surface area contributed by atoms with E-state index in [4.69, 9.17) is 0 Å². The monoisotopic (exact) mass is 562 g/mol. The molecule has 4 fully saturated rings. The molecule has 8 atom stereocenters. The Morgan fingerprint density at radius 3 is 2.23 bits per heavy atom. The van der Waals surface area contributed by atoms with Crippen LogP contribution in [-0.4, -0.2) is 23.5 Å². The van der Waals surface area contributed by atoms with Gasteiger partial charge in [-0.1, -0.05) is 54.0 Å². The van der Waals surface area contributed by atoms with Crippen LogP contribution in [0.3, 0.4) is 0 Å². The van der Waals surface area contributed by atoms with Crippen molar-refractivity contribution in [1.29, 1.82) is 0 Å². The van der Waals surface area contributed by atoms with Gasteiger partial charge in [-0.25, -0.2) is 0 Å². The summed E-state index contributed by atoms with van der Waals surface area (Å²) in [6.07, 6.45) is 3.20. The first-order chi connectivity index (χ1) is 18.3. The van der Waals surface area contributed by atoms with Gasteiger partial charge < -0.3 is 0 Å². The number of allylic oxidation sites excluding steroid dienone is 2. The molecule has 0 unspecified atom stereocenters. The summed E-state index contributed by atoms with van der Waals surface area (Å²) in [5.41, 5.74) is -0.973. The Morgan fingerprint density at radius 2 is 1.60 bits per heavy atom. The molecule has 0 aliphatic heterocycles. The number of alkyl halides is 3. The Morgan fingerprint density at radius 1 is 0.950 bits per heavy atom. The van der Waals surface area contributed by atoms with Crippen molar-refractivity contribution in [3.63, 3.8) is 0 Å². The van der Waals surface area contributed by atoms with Crippen LogP contribution >= 0.6 is 0 Å². The summed E-state index contributed by atoms with van der Waals surface area (Å²) in [6.45, 7) is 15.5. The number of fused-ring (bicyclic) bond motifs is 7. The lowest BCUT2D eigenvalue weighted by molar-refractivity contribution is -0.183. The normalized spacial score (nSPS) is 46.5. The number of carbonyl (C=O) groups is 3. The molecule has 0 bridgehead atoms. The molecule has 0 aromatic heterocycles. The molecule has 0 spiro atoms. The van der Waals surface area contributed by atoms with Gasteiger partial charge in [-0.15, -0.1) is 0 Å². The van der Waals surface area contributed by atoms with E-state index in [-0.39, 0.29) is 51.0 Å². The Labute approximate surface area is 238 Å². The minimum Gasteiger partial charge on any atom is -0.299 e. The molecule has 5 aliphatic carbocycles. The zero-order valence-electron chi connectivity index (χ0n) is 25.7. The molecule has 0 saturated heterocycles. The van der Waals surface area contributed by atoms with E-state index in [0.29, 0.717) is 37.9 Å². The van der Waals surface area contributed by atoms with Gasteiger partial charge in [0.25, 0.3) is 0 Å². The Bertz CT molecular complexity index is 1150. The summed E-state index contributed by atoms with van der Waals surface area (Å²) in [4.78, 5) is 41.4. The molecule has 5 rings (SSSR count). The van der Waals surface area contributed by atoms with Crippen molar-refractivity contribution in [3.8, 4) is 0 Å². The van der Waals surface area contributed by atoms with Crippen LogP contribution in [0.2, 0.25) is 0 Å². The Hall–Kier alpha value is -1.46. The van der Waals surface area contributed by atoms with Gasteiger partial charge in [0, 0.05) is 29.6 Å². The minimum atomic E-state index is -4.37. The fourth-order valence-electron chi connectivity index (χ4n) is 11.1. The van der Waals surface area contributed by atoms with Gasteiger partial charge in [-0.2, -0.15) is 13.2 Å². The molecule has 224 valence electrons. The highest BCUT2D eigenvalue weighted by molar-refractivity contribution is 5.97. The molecular weight excluding hydrogens is 513 g/mol. The molecule has 4 saturated carbocycles. The number of ketones is 3. The first kappa shape index (κ1) is 30.0. The zero-order chi connectivity index (χ0) is 29.7. The van der Waals surface area contributed by atoms with Crippen molar-refractivity contribution >= 4 is 17.3 Å². The average Bonchev–Trinajstić information content (AvgIpc) is 2.85. The lowest BCUT2D eigenvalue weighted by Gasteiger charge is -2.69. The SMILES string of the molecule is CC[C@]1(C)C(=O)CC[C@]2(C)C3=CC(=O)[C@@H]4[C@@H]5CC(C)(C)CC[C@]5(C(=O)CCC(F)(F)F)CC[C@@]4(C)[C@]3(C)CC[C@@H]12. The van der Waals surface area contributed by atoms with Crippen molar-refractivity contribution in [3.05, 3.63) is 11.6 Å². The Kier molecular flexibility index (Phi) is 6.77. The van der Waals surface area contributed by atoms with Crippen LogP contribution in [0.5, 0.6) is 0 Å². The summed E-state index contributed by atoms with van der Waals surface area (Å²) >= 11 is 0. The highest BCUT2D eigenvalue weighted by Crippen LogP contribution is 2.75. The van der Waals surface area contributed by atoms with E-state index < -0.39 is 29.8 Å². The summed E-state index contributed by atoms with van der Waals surface area (Å²) in [5, 5.41) is 0. The van der Waals surface area contributed by atoms with E-state index in [1.165, 1.54) is 5.57 Å². The topological polar surface area (TPSA) is 51.2 Å². The summed E-state index contributed by atoms with van der Waals surface area (Å²) in [5.74, 6) is -0.275. The third-order valence-electron chi connectivity index (χ3n) is 13.9. The first-order valence-corrected chi connectivity index (χ1v) is 15.7. The van der Waals surface area contributed by atoms with E-state index >= 15 is 0 Å². The summed E-state index contributed by atoms with van der Waals surface area (Å²) in [6, 6.07) is 0. The Balaban J connectivity index is 1.60. The largest absolute Gasteiger partial charge is 0.389 e. The third-order valence-corrected chi connectivity index (χ3v) is 13.9. The predicted octanol–water partition coefficient (Wildman–Crippen LogP) is 8.84. The summed E-state index contributed by atoms with van der Waals surface area (Å²) < 4.78 is 39.6. The van der Waals surface area contributed by atoms with Crippen LogP contribution in [-0.2, 0) is 14.4 Å². The fraction of sp³-hybridized carbons (Fsp3) is 0.853. The van der Waals surface area contributed by atoms with E-state index in [0.717, 1.165) is 32.1 Å². The highest BCUT2D eigenvalue weighted by atomic mass is 19.4. The fourth-order valence-corrected chi connectivity index (χ4v) is 11.1. The number of hydrogen-bond acceptors (Lipinski definition) is 3. The lowest BCUT2D eigenvalue weighted by atomic mass is 9.33. The van der Waals surface area contributed by atoms with Gasteiger partial charge >= 0.3 is 6.18 Å². The van der Waals surface area contributed by atoms with E-state index in [9.17, 15) is 27.6 Å². The van der Waals surface area contributed by atoms with Crippen LogP contribution < -0.4 is 0 Å². The van der Waals surface area contributed by atoms with Gasteiger partial charge in [0.05, 0.1) is 6.42 Å². The number of rotatable bonds is 4. The molecule has 6 heteroatoms. The number of halogens is 3. The van der Waals surface area contributed by atoms with Crippen LogP contribution in [0.25, 0.3) is 0 Å². The second-order valence-corrected chi connectivity index (χ2v) is 16.1. The molecule has 3 nitrogen and oxygen atoms in total. The molecule has 5 aliphatic rings. The smallest absolute Gasteiger partial charge is 0.299 e. The predicted molar refractivity (Wildman–Crippen MR) is 149 cm³/mol. The zero-order valence-corrected chi connectivity index (χ0v) is 25.7. The number of carbonyl (C=O) groups excluding carboxylic acids is 3. The second kappa shape index (κ2) is 9.02. The molecule has 0 amide bonds. The maximum Gasteiger partial charge on any atom is 0.389 e. The average molecular weight is 563 g/mol. The maximum absolute atomic E-state index is 14.5. The van der Waals surface area contributed by atoms with E-state index in [1.54, 1.807) is 0 Å². The molecule has 0 N–H and O–H groups in total. The highest BCUT2D eigenvalue weighted by Gasteiger charge is 2.70. The van der Waals surface area contributed by atoms with Crippen molar-refractivity contribution in [2.75, 3.05) is 0 Å². The first-order valence-electron chi connectivity index (χ1n) is 15.7. The van der Waals surface area contributed by atoms with Crippen molar-refractivity contribution in [1.82, 2.24) is 0 Å². The molecule has 0 radical (unpaired) electrons. The third kappa shape index (κ3) is 3.99. The molecule has 0 aromatic rings. The minimum absolute atomic E-state index is 0.0712. The van der Waals surface area contributed by atoms with Crippen molar-refractivity contribution in [2.24, 2.45) is 50.2 Å². The summed E-state index contributed by atoms with van der Waals surface area (Å²) in [7, 11) is 0. The van der Waals surface area contributed by atoms with E-state index in [2.05, 4.69) is 48.5 Å². The molecule has 0 heterocycles. The maximum atomic E-state index is 14.5. The quantitative estimate of drug-likeness (QED) is 0.344. The molecule has 40 heavy (non-hydrogen) atoms. The van der Waals surface area contributed by atoms with Gasteiger partial charge in [0.1, 0.15) is 11.6 Å². The van der Waals surface area contributed by atoms with Crippen LogP contribution in [0.4, 0.5) is 13.2 Å². The molecular formula is C34H49F3O3. The van der Waals surface area contributed by atoms with Gasteiger partial charge in [0.15, 0.2) is 5.78 Å². The number of Topliss-reactive ketones (excluding diaryl/α,β-unsaturated/α-hetero) is 2. The number of hydrogen-bond donors (Lipinski definition) is 0. The van der Waals surface area contributed by atoms with Crippen LogP contribution in [0.1, 0.15) is 126 Å². The van der Waals surface area contributed by atoms with Crippen LogP contribution in [0, 0.1) is 50.2 Å². The lowest BCUT2D eigenvalue weighted by Crippen LogP contribution is -2.66. The van der Waals surface area contributed by atoms with Gasteiger partial charge in [-0.05, 0) is 97.4 Å². The molecule has 0 aromatic carbocycles.